The standard InChI is InChI=1S/C10H13NO5/c1-3-16-10(15)8-5(2)11-9(14)6(8)4-7(12)13/h6H,3-4H2,1-2H3,(H,11,14)(H,12,13)/t6-/m0/s1. The number of allylic oxidation sites excluding steroid dienone is 1. The van der Waals surface area contributed by atoms with Crippen molar-refractivity contribution in [3.05, 3.63) is 11.3 Å². The summed E-state index contributed by atoms with van der Waals surface area (Å²) in [7, 11) is 0. The average molecular weight is 227 g/mol. The van der Waals surface area contributed by atoms with E-state index in [9.17, 15) is 14.4 Å². The van der Waals surface area contributed by atoms with Crippen LogP contribution >= 0.6 is 0 Å². The number of aliphatic carboxylic acids is 1. The molecule has 0 unspecified atom stereocenters. The van der Waals surface area contributed by atoms with E-state index in [0.717, 1.165) is 0 Å². The third-order valence-electron chi connectivity index (χ3n) is 2.25. The molecular weight excluding hydrogens is 214 g/mol. The van der Waals surface area contributed by atoms with Crippen molar-refractivity contribution in [2.45, 2.75) is 20.3 Å². The highest BCUT2D eigenvalue weighted by atomic mass is 16.5. The van der Waals surface area contributed by atoms with Gasteiger partial charge in [0.15, 0.2) is 0 Å². The van der Waals surface area contributed by atoms with Gasteiger partial charge in [-0.2, -0.15) is 0 Å². The maximum Gasteiger partial charge on any atom is 0.336 e. The number of carbonyl (C=O) groups excluding carboxylic acids is 2. The van der Waals surface area contributed by atoms with Gasteiger partial charge in [-0.15, -0.1) is 0 Å². The summed E-state index contributed by atoms with van der Waals surface area (Å²) in [6.07, 6.45) is -0.405. The number of hydrogen-bond donors (Lipinski definition) is 2. The van der Waals surface area contributed by atoms with E-state index in [1.165, 1.54) is 0 Å². The molecule has 2 N–H and O–H groups in total. The van der Waals surface area contributed by atoms with Gasteiger partial charge in [0.25, 0.3) is 0 Å². The highest BCUT2D eigenvalue weighted by Crippen LogP contribution is 2.25. The topological polar surface area (TPSA) is 92.7 Å². The molecule has 6 nitrogen and oxygen atoms in total. The molecule has 1 aliphatic rings. The normalized spacial score (nSPS) is 19.6. The SMILES string of the molecule is CCOC(=O)C1=C(C)NC(=O)[C@H]1CC(=O)O. The van der Waals surface area contributed by atoms with Gasteiger partial charge in [0.2, 0.25) is 5.91 Å². The fourth-order valence-corrected chi connectivity index (χ4v) is 1.61. The van der Waals surface area contributed by atoms with Crippen molar-refractivity contribution in [1.29, 1.82) is 0 Å². The maximum absolute atomic E-state index is 11.5. The van der Waals surface area contributed by atoms with Gasteiger partial charge in [0.1, 0.15) is 0 Å². The number of carboxylic acid groups (broad SMARTS) is 1. The van der Waals surface area contributed by atoms with Crippen molar-refractivity contribution in [1.82, 2.24) is 5.32 Å². The molecule has 88 valence electrons. The zero-order valence-electron chi connectivity index (χ0n) is 9.07. The van der Waals surface area contributed by atoms with E-state index < -0.39 is 30.2 Å². The summed E-state index contributed by atoms with van der Waals surface area (Å²) >= 11 is 0. The molecule has 0 aromatic rings. The fourth-order valence-electron chi connectivity index (χ4n) is 1.61. The van der Waals surface area contributed by atoms with E-state index in [1.54, 1.807) is 13.8 Å². The lowest BCUT2D eigenvalue weighted by Gasteiger charge is -2.09. The minimum Gasteiger partial charge on any atom is -0.481 e. The molecule has 0 saturated heterocycles. The number of esters is 1. The first-order chi connectivity index (χ1) is 7.47. The summed E-state index contributed by atoms with van der Waals surface area (Å²) in [6, 6.07) is 0. The Kier molecular flexibility index (Phi) is 3.65. The molecule has 1 heterocycles. The molecule has 1 atom stereocenters. The van der Waals surface area contributed by atoms with E-state index in [2.05, 4.69) is 5.32 Å². The number of hydrogen-bond acceptors (Lipinski definition) is 4. The first kappa shape index (κ1) is 12.2. The third-order valence-corrected chi connectivity index (χ3v) is 2.25. The summed E-state index contributed by atoms with van der Waals surface area (Å²) in [4.78, 5) is 33.5. The number of carbonyl (C=O) groups is 3. The average Bonchev–Trinajstić information content (AvgIpc) is 2.41. The van der Waals surface area contributed by atoms with Crippen molar-refractivity contribution >= 4 is 17.8 Å². The molecule has 0 aromatic carbocycles. The molecule has 16 heavy (non-hydrogen) atoms. The molecule has 0 aliphatic carbocycles. The van der Waals surface area contributed by atoms with Crippen LogP contribution in [0.5, 0.6) is 0 Å². The fraction of sp³-hybridized carbons (Fsp3) is 0.500. The van der Waals surface area contributed by atoms with Gasteiger partial charge < -0.3 is 15.2 Å². The van der Waals surface area contributed by atoms with Gasteiger partial charge in [-0.05, 0) is 13.8 Å². The largest absolute Gasteiger partial charge is 0.481 e. The Bertz CT molecular complexity index is 371. The first-order valence-corrected chi connectivity index (χ1v) is 4.88. The van der Waals surface area contributed by atoms with Crippen LogP contribution in [0.25, 0.3) is 0 Å². The Morgan fingerprint density at radius 3 is 2.62 bits per heavy atom. The van der Waals surface area contributed by atoms with Gasteiger partial charge in [-0.3, -0.25) is 9.59 Å². The van der Waals surface area contributed by atoms with Crippen molar-refractivity contribution < 1.29 is 24.2 Å². The van der Waals surface area contributed by atoms with Gasteiger partial charge in [-0.1, -0.05) is 0 Å². The van der Waals surface area contributed by atoms with Crippen LogP contribution in [0.15, 0.2) is 11.3 Å². The third kappa shape index (κ3) is 2.39. The minimum atomic E-state index is -1.13. The zero-order valence-corrected chi connectivity index (χ0v) is 9.07. The lowest BCUT2D eigenvalue weighted by molar-refractivity contribution is -0.142. The van der Waals surface area contributed by atoms with E-state index >= 15 is 0 Å². The van der Waals surface area contributed by atoms with Crippen LogP contribution in [0.4, 0.5) is 0 Å². The van der Waals surface area contributed by atoms with E-state index in [4.69, 9.17) is 9.84 Å². The molecule has 0 radical (unpaired) electrons. The van der Waals surface area contributed by atoms with Crippen LogP contribution in [0.2, 0.25) is 0 Å². The molecule has 0 spiro atoms. The van der Waals surface area contributed by atoms with Crippen molar-refractivity contribution in [3.8, 4) is 0 Å². The molecule has 0 bridgehead atoms. The lowest BCUT2D eigenvalue weighted by Crippen LogP contribution is -2.25. The second-order valence-corrected chi connectivity index (χ2v) is 3.40. The first-order valence-electron chi connectivity index (χ1n) is 4.88. The quantitative estimate of drug-likeness (QED) is 0.662. The van der Waals surface area contributed by atoms with Crippen LogP contribution in [-0.2, 0) is 19.1 Å². The van der Waals surface area contributed by atoms with Crippen molar-refractivity contribution in [3.63, 3.8) is 0 Å². The molecule has 6 heteroatoms. The lowest BCUT2D eigenvalue weighted by atomic mass is 9.97. The highest BCUT2D eigenvalue weighted by molar-refractivity contribution is 6.03. The smallest absolute Gasteiger partial charge is 0.336 e. The predicted molar refractivity (Wildman–Crippen MR) is 53.2 cm³/mol. The number of amides is 1. The van der Waals surface area contributed by atoms with Gasteiger partial charge in [0.05, 0.1) is 24.5 Å². The number of nitrogens with one attached hydrogen (secondary N) is 1. The Morgan fingerprint density at radius 2 is 2.12 bits per heavy atom. The van der Waals surface area contributed by atoms with Crippen LogP contribution in [-0.4, -0.2) is 29.6 Å². The summed E-state index contributed by atoms with van der Waals surface area (Å²) < 4.78 is 4.77. The summed E-state index contributed by atoms with van der Waals surface area (Å²) in [6.45, 7) is 3.37. The number of ether oxygens (including phenoxy) is 1. The van der Waals surface area contributed by atoms with E-state index in [-0.39, 0.29) is 12.2 Å². The number of rotatable bonds is 4. The number of carboxylic acids is 1. The van der Waals surface area contributed by atoms with Crippen molar-refractivity contribution in [2.75, 3.05) is 6.61 Å². The molecule has 1 amide bonds. The van der Waals surface area contributed by atoms with Gasteiger partial charge in [0, 0.05) is 5.70 Å². The molecule has 0 aromatic heterocycles. The van der Waals surface area contributed by atoms with Crippen LogP contribution < -0.4 is 5.32 Å². The molecule has 1 rings (SSSR count). The van der Waals surface area contributed by atoms with E-state index in [0.29, 0.717) is 5.70 Å². The Labute approximate surface area is 92.3 Å². The predicted octanol–water partition coefficient (Wildman–Crippen LogP) is 0.0442. The summed E-state index contributed by atoms with van der Waals surface area (Å²) in [5.74, 6) is -3.18. The summed E-state index contributed by atoms with van der Waals surface area (Å²) in [5.41, 5.74) is 0.490. The maximum atomic E-state index is 11.5. The minimum absolute atomic E-state index is 0.120. The molecule has 0 saturated carbocycles. The van der Waals surface area contributed by atoms with Gasteiger partial charge >= 0.3 is 11.9 Å². The Hall–Kier alpha value is -1.85. The summed E-state index contributed by atoms with van der Waals surface area (Å²) in [5, 5.41) is 11.1. The van der Waals surface area contributed by atoms with Crippen molar-refractivity contribution in [2.24, 2.45) is 5.92 Å². The van der Waals surface area contributed by atoms with E-state index in [1.807, 2.05) is 0 Å². The van der Waals surface area contributed by atoms with Gasteiger partial charge in [-0.25, -0.2) is 4.79 Å². The monoisotopic (exact) mass is 227 g/mol. The highest BCUT2D eigenvalue weighted by Gasteiger charge is 2.37. The van der Waals surface area contributed by atoms with Crippen LogP contribution in [0.1, 0.15) is 20.3 Å². The van der Waals surface area contributed by atoms with Crippen LogP contribution in [0.3, 0.4) is 0 Å². The molecular formula is C10H13NO5. The second-order valence-electron chi connectivity index (χ2n) is 3.40. The molecule has 0 fully saturated rings. The van der Waals surface area contributed by atoms with Crippen LogP contribution in [0, 0.1) is 5.92 Å². The molecule has 1 aliphatic heterocycles. The second kappa shape index (κ2) is 4.78. The Balaban J connectivity index is 2.92. The Morgan fingerprint density at radius 1 is 1.50 bits per heavy atom. The zero-order chi connectivity index (χ0) is 12.3.